The first kappa shape index (κ1) is 12.7. The number of nitrogen functional groups attached to an aromatic ring is 1. The molecule has 2 rings (SSSR count). The van der Waals surface area contributed by atoms with Gasteiger partial charge in [-0.15, -0.1) is 11.3 Å². The van der Waals surface area contributed by atoms with Gasteiger partial charge in [-0.05, 0) is 12.1 Å². The smallest absolute Gasteiger partial charge is 0.205 e. The third-order valence-electron chi connectivity index (χ3n) is 1.95. The Bertz CT molecular complexity index is 600. The van der Waals surface area contributed by atoms with E-state index in [0.717, 1.165) is 6.21 Å². The highest BCUT2D eigenvalue weighted by Gasteiger charge is 2.10. The van der Waals surface area contributed by atoms with E-state index in [0.29, 0.717) is 10.9 Å². The van der Waals surface area contributed by atoms with Gasteiger partial charge in [-0.3, -0.25) is 5.43 Å². The van der Waals surface area contributed by atoms with Crippen molar-refractivity contribution in [2.24, 2.45) is 5.10 Å². The number of halogens is 3. The van der Waals surface area contributed by atoms with Crippen molar-refractivity contribution in [3.05, 3.63) is 39.7 Å². The molecule has 1 aromatic heterocycles. The molecule has 0 radical (unpaired) electrons. The molecule has 0 aliphatic carbocycles. The highest BCUT2D eigenvalue weighted by molar-refractivity contribution is 7.14. The molecule has 1 aromatic carbocycles. The molecule has 4 nitrogen and oxygen atoms in total. The van der Waals surface area contributed by atoms with Crippen LogP contribution in [0.1, 0.15) is 5.56 Å². The zero-order valence-electron chi connectivity index (χ0n) is 8.82. The molecule has 0 amide bonds. The molecule has 1 heterocycles. The highest BCUT2D eigenvalue weighted by Crippen LogP contribution is 2.20. The summed E-state index contributed by atoms with van der Waals surface area (Å²) >= 11 is 6.67. The van der Waals surface area contributed by atoms with Gasteiger partial charge in [0.25, 0.3) is 0 Å². The number of anilines is 2. The minimum absolute atomic E-state index is 0.0195. The molecule has 3 N–H and O–H groups in total. The SMILES string of the molecule is Nc1csc(NN=Cc2ccc(Cl)c(F)c2F)n1. The first-order chi connectivity index (χ1) is 8.58. The zero-order chi connectivity index (χ0) is 13.1. The van der Waals surface area contributed by atoms with Crippen LogP contribution in [-0.4, -0.2) is 11.2 Å². The first-order valence-corrected chi connectivity index (χ1v) is 5.97. The van der Waals surface area contributed by atoms with E-state index in [1.165, 1.54) is 23.5 Å². The number of rotatable bonds is 3. The van der Waals surface area contributed by atoms with Gasteiger partial charge in [0, 0.05) is 10.9 Å². The van der Waals surface area contributed by atoms with Gasteiger partial charge in [-0.2, -0.15) is 5.10 Å². The van der Waals surface area contributed by atoms with E-state index in [1.54, 1.807) is 5.38 Å². The van der Waals surface area contributed by atoms with Gasteiger partial charge >= 0.3 is 0 Å². The number of aromatic nitrogens is 1. The fourth-order valence-electron chi connectivity index (χ4n) is 1.14. The van der Waals surface area contributed by atoms with Crippen LogP contribution >= 0.6 is 22.9 Å². The minimum Gasteiger partial charge on any atom is -0.383 e. The number of hydrazone groups is 1. The van der Waals surface area contributed by atoms with Crippen molar-refractivity contribution in [2.45, 2.75) is 0 Å². The number of nitrogens with two attached hydrogens (primary N) is 1. The van der Waals surface area contributed by atoms with Gasteiger partial charge in [0.2, 0.25) is 5.13 Å². The molecule has 0 bridgehead atoms. The lowest BCUT2D eigenvalue weighted by atomic mass is 10.2. The van der Waals surface area contributed by atoms with E-state index in [2.05, 4.69) is 15.5 Å². The van der Waals surface area contributed by atoms with Crippen molar-refractivity contribution in [1.82, 2.24) is 4.98 Å². The third-order valence-corrected chi connectivity index (χ3v) is 3.01. The van der Waals surface area contributed by atoms with Crippen molar-refractivity contribution in [3.63, 3.8) is 0 Å². The van der Waals surface area contributed by atoms with Gasteiger partial charge in [-0.25, -0.2) is 13.8 Å². The van der Waals surface area contributed by atoms with Gasteiger partial charge in [-0.1, -0.05) is 11.6 Å². The number of nitrogens with zero attached hydrogens (tertiary/aromatic N) is 2. The van der Waals surface area contributed by atoms with Gasteiger partial charge in [0.1, 0.15) is 5.82 Å². The van der Waals surface area contributed by atoms with Crippen molar-refractivity contribution >= 4 is 40.1 Å². The molecule has 0 aliphatic rings. The van der Waals surface area contributed by atoms with Crippen LogP contribution in [0.2, 0.25) is 5.02 Å². The fourth-order valence-corrected chi connectivity index (χ4v) is 1.83. The predicted octanol–water partition coefficient (Wildman–Crippen LogP) is 3.10. The maximum Gasteiger partial charge on any atom is 0.205 e. The standard InChI is InChI=1S/C10H7ClF2N4S/c11-6-2-1-5(8(12)9(6)13)3-15-17-10-16-7(14)4-18-10/h1-4H,14H2,(H,16,17). The van der Waals surface area contributed by atoms with Crippen molar-refractivity contribution in [2.75, 3.05) is 11.2 Å². The van der Waals surface area contributed by atoms with Crippen LogP contribution in [0.5, 0.6) is 0 Å². The van der Waals surface area contributed by atoms with E-state index < -0.39 is 11.6 Å². The molecule has 0 unspecified atom stereocenters. The second-order valence-electron chi connectivity index (χ2n) is 3.21. The predicted molar refractivity (Wildman–Crippen MR) is 69.1 cm³/mol. The number of hydrogen-bond donors (Lipinski definition) is 2. The Hall–Kier alpha value is -1.73. The summed E-state index contributed by atoms with van der Waals surface area (Å²) in [6, 6.07) is 2.57. The molecule has 2 aromatic rings. The van der Waals surface area contributed by atoms with Crippen molar-refractivity contribution in [3.8, 4) is 0 Å². The first-order valence-electron chi connectivity index (χ1n) is 4.71. The molecule has 0 atom stereocenters. The second kappa shape index (κ2) is 5.28. The quantitative estimate of drug-likeness (QED) is 0.518. The average Bonchev–Trinajstić information content (AvgIpc) is 2.75. The minimum atomic E-state index is -1.10. The summed E-state index contributed by atoms with van der Waals surface area (Å²) < 4.78 is 26.5. The van der Waals surface area contributed by atoms with Gasteiger partial charge in [0.05, 0.1) is 11.2 Å². The molecule has 0 aliphatic heterocycles. The third kappa shape index (κ3) is 2.74. The van der Waals surface area contributed by atoms with Crippen LogP contribution in [0.15, 0.2) is 22.6 Å². The number of nitrogens with one attached hydrogen (secondary N) is 1. The fraction of sp³-hybridized carbons (Fsp3) is 0. The van der Waals surface area contributed by atoms with Crippen LogP contribution < -0.4 is 11.2 Å². The maximum absolute atomic E-state index is 13.4. The summed E-state index contributed by atoms with van der Waals surface area (Å²) in [6.07, 6.45) is 1.13. The lowest BCUT2D eigenvalue weighted by Crippen LogP contribution is -1.96. The Morgan fingerprint density at radius 1 is 1.39 bits per heavy atom. The highest BCUT2D eigenvalue weighted by atomic mass is 35.5. The summed E-state index contributed by atoms with van der Waals surface area (Å²) in [5, 5.41) is 5.53. The monoisotopic (exact) mass is 288 g/mol. The molecule has 18 heavy (non-hydrogen) atoms. The molecule has 8 heteroatoms. The summed E-state index contributed by atoms with van der Waals surface area (Å²) in [6.45, 7) is 0. The molecular formula is C10H7ClF2N4S. The second-order valence-corrected chi connectivity index (χ2v) is 4.48. The van der Waals surface area contributed by atoms with Crippen LogP contribution in [0.25, 0.3) is 0 Å². The number of hydrogen-bond acceptors (Lipinski definition) is 5. The summed E-state index contributed by atoms with van der Waals surface area (Å²) in [5.74, 6) is -1.78. The Morgan fingerprint density at radius 3 is 2.83 bits per heavy atom. The molecule has 0 saturated heterocycles. The van der Waals surface area contributed by atoms with Crippen LogP contribution in [0, 0.1) is 11.6 Å². The van der Waals surface area contributed by atoms with Crippen molar-refractivity contribution in [1.29, 1.82) is 0 Å². The van der Waals surface area contributed by atoms with Crippen molar-refractivity contribution < 1.29 is 8.78 Å². The Kier molecular flexibility index (Phi) is 3.73. The Labute approximate surface area is 110 Å². The van der Waals surface area contributed by atoms with E-state index in [4.69, 9.17) is 17.3 Å². The normalized spacial score (nSPS) is 11.1. The Morgan fingerprint density at radius 2 is 2.17 bits per heavy atom. The van der Waals surface area contributed by atoms with Crippen LogP contribution in [0.4, 0.5) is 19.7 Å². The molecule has 94 valence electrons. The van der Waals surface area contributed by atoms with E-state index >= 15 is 0 Å². The number of thiazole rings is 1. The molecular weight excluding hydrogens is 282 g/mol. The summed E-state index contributed by atoms with van der Waals surface area (Å²) in [4.78, 5) is 3.88. The van der Waals surface area contributed by atoms with E-state index in [9.17, 15) is 8.78 Å². The molecule has 0 spiro atoms. The summed E-state index contributed by atoms with van der Waals surface area (Å²) in [5.41, 5.74) is 7.94. The average molecular weight is 289 g/mol. The Balaban J connectivity index is 2.12. The van der Waals surface area contributed by atoms with E-state index in [-0.39, 0.29) is 10.6 Å². The molecule has 0 saturated carbocycles. The lowest BCUT2D eigenvalue weighted by Gasteiger charge is -1.99. The van der Waals surface area contributed by atoms with Crippen LogP contribution in [-0.2, 0) is 0 Å². The topological polar surface area (TPSA) is 63.3 Å². The summed E-state index contributed by atoms with van der Waals surface area (Å²) in [7, 11) is 0. The molecule has 0 fully saturated rings. The maximum atomic E-state index is 13.4. The van der Waals surface area contributed by atoms with E-state index in [1.807, 2.05) is 0 Å². The largest absolute Gasteiger partial charge is 0.383 e. The van der Waals surface area contributed by atoms with Gasteiger partial charge in [0.15, 0.2) is 11.6 Å². The number of benzene rings is 1. The lowest BCUT2D eigenvalue weighted by molar-refractivity contribution is 0.508. The van der Waals surface area contributed by atoms with Gasteiger partial charge < -0.3 is 5.73 Å². The van der Waals surface area contributed by atoms with Crippen LogP contribution in [0.3, 0.4) is 0 Å². The zero-order valence-corrected chi connectivity index (χ0v) is 10.4.